The van der Waals surface area contributed by atoms with Crippen LogP contribution in [0.25, 0.3) is 27.9 Å². The van der Waals surface area contributed by atoms with Crippen LogP contribution in [0.2, 0.25) is 0 Å². The largest absolute Gasteiger partial charge is 0.464 e. The molecule has 0 atom stereocenters. The van der Waals surface area contributed by atoms with Crippen molar-refractivity contribution in [2.24, 2.45) is 0 Å². The zero-order chi connectivity index (χ0) is 14.2. The van der Waals surface area contributed by atoms with E-state index in [1.807, 2.05) is 36.7 Å². The molecule has 1 aromatic carbocycles. The number of nitrogens with zero attached hydrogens (tertiary/aromatic N) is 3. The lowest BCUT2D eigenvalue weighted by Gasteiger charge is -1.98. The van der Waals surface area contributed by atoms with Crippen LogP contribution in [0.5, 0.6) is 0 Å². The summed E-state index contributed by atoms with van der Waals surface area (Å²) in [6.07, 6.45) is 7.34. The number of furan rings is 1. The van der Waals surface area contributed by atoms with Crippen molar-refractivity contribution in [1.29, 1.82) is 0 Å². The molecule has 3 aromatic heterocycles. The van der Waals surface area contributed by atoms with Crippen LogP contribution in [-0.4, -0.2) is 14.8 Å². The number of aromatic nitrogens is 3. The van der Waals surface area contributed by atoms with Crippen molar-refractivity contribution in [1.82, 2.24) is 14.8 Å². The van der Waals surface area contributed by atoms with Gasteiger partial charge in [0, 0.05) is 28.9 Å². The Balaban J connectivity index is 1.81. The molecule has 3 heterocycles. The molecule has 0 saturated carbocycles. The van der Waals surface area contributed by atoms with Crippen LogP contribution in [0.15, 0.2) is 65.7 Å². The Hall–Kier alpha value is -2.88. The van der Waals surface area contributed by atoms with Crippen molar-refractivity contribution in [2.75, 3.05) is 0 Å². The molecule has 4 nitrogen and oxygen atoms in total. The van der Waals surface area contributed by atoms with Gasteiger partial charge in [0.15, 0.2) is 5.82 Å². The monoisotopic (exact) mass is 275 g/mol. The summed E-state index contributed by atoms with van der Waals surface area (Å²) in [6, 6.07) is 12.0. The van der Waals surface area contributed by atoms with Crippen LogP contribution in [0.4, 0.5) is 0 Å². The van der Waals surface area contributed by atoms with Gasteiger partial charge in [-0.2, -0.15) is 5.10 Å². The van der Waals surface area contributed by atoms with Crippen LogP contribution in [0.3, 0.4) is 0 Å². The Bertz CT molecular complexity index is 906. The molecule has 0 saturated heterocycles. The maximum Gasteiger partial charge on any atom is 0.153 e. The van der Waals surface area contributed by atoms with Gasteiger partial charge < -0.3 is 4.42 Å². The maximum atomic E-state index is 5.65. The van der Waals surface area contributed by atoms with Gasteiger partial charge in [-0.15, -0.1) is 0 Å². The van der Waals surface area contributed by atoms with Gasteiger partial charge in [-0.25, -0.2) is 9.67 Å². The minimum atomic E-state index is 0.799. The van der Waals surface area contributed by atoms with E-state index < -0.39 is 0 Å². The number of hydrogen-bond donors (Lipinski definition) is 0. The second kappa shape index (κ2) is 4.59. The van der Waals surface area contributed by atoms with Crippen LogP contribution < -0.4 is 0 Å². The Morgan fingerprint density at radius 1 is 1.14 bits per heavy atom. The molecule has 0 aliphatic heterocycles. The van der Waals surface area contributed by atoms with Crippen LogP contribution in [0, 0.1) is 6.92 Å². The third kappa shape index (κ3) is 2.01. The number of rotatable bonds is 2. The molecule has 4 aromatic rings. The molecule has 0 amide bonds. The average Bonchev–Trinajstić information content (AvgIpc) is 3.13. The van der Waals surface area contributed by atoms with Crippen LogP contribution in [-0.2, 0) is 0 Å². The number of hydrogen-bond acceptors (Lipinski definition) is 3. The fraction of sp³-hybridized carbons (Fsp3) is 0.0588. The molecule has 0 bridgehead atoms. The SMILES string of the molecule is Cc1ccc2c(-c3cnn(-c4ccccn4)c3)coc2c1. The summed E-state index contributed by atoms with van der Waals surface area (Å²) in [4.78, 5) is 4.29. The van der Waals surface area contributed by atoms with Crippen molar-refractivity contribution in [3.05, 3.63) is 66.8 Å². The number of benzene rings is 1. The zero-order valence-electron chi connectivity index (χ0n) is 11.5. The van der Waals surface area contributed by atoms with E-state index in [4.69, 9.17) is 4.42 Å². The Labute approximate surface area is 121 Å². The second-order valence-corrected chi connectivity index (χ2v) is 5.01. The first-order valence-corrected chi connectivity index (χ1v) is 6.75. The first kappa shape index (κ1) is 11.9. The van der Waals surface area contributed by atoms with Gasteiger partial charge in [0.05, 0.1) is 12.5 Å². The molecule has 0 spiro atoms. The highest BCUT2D eigenvalue weighted by molar-refractivity contribution is 5.93. The Morgan fingerprint density at radius 3 is 2.95 bits per heavy atom. The van der Waals surface area contributed by atoms with Crippen molar-refractivity contribution in [2.45, 2.75) is 6.92 Å². The van der Waals surface area contributed by atoms with E-state index in [9.17, 15) is 0 Å². The molecular weight excluding hydrogens is 262 g/mol. The van der Waals surface area contributed by atoms with Gasteiger partial charge in [0.2, 0.25) is 0 Å². The van der Waals surface area contributed by atoms with E-state index in [1.54, 1.807) is 17.1 Å². The smallest absolute Gasteiger partial charge is 0.153 e. The number of pyridine rings is 1. The summed E-state index contributed by atoms with van der Waals surface area (Å²) >= 11 is 0. The van der Waals surface area contributed by atoms with Crippen LogP contribution >= 0.6 is 0 Å². The Morgan fingerprint density at radius 2 is 2.10 bits per heavy atom. The van der Waals surface area contributed by atoms with Gasteiger partial charge in [-0.1, -0.05) is 18.2 Å². The fourth-order valence-electron chi connectivity index (χ4n) is 2.44. The van der Waals surface area contributed by atoms with E-state index in [-0.39, 0.29) is 0 Å². The highest BCUT2D eigenvalue weighted by atomic mass is 16.3. The predicted molar refractivity (Wildman–Crippen MR) is 81.3 cm³/mol. The zero-order valence-corrected chi connectivity index (χ0v) is 11.5. The summed E-state index contributed by atoms with van der Waals surface area (Å²) in [7, 11) is 0. The lowest BCUT2D eigenvalue weighted by Crippen LogP contribution is -1.95. The normalized spacial score (nSPS) is 11.1. The average molecular weight is 275 g/mol. The minimum Gasteiger partial charge on any atom is -0.464 e. The molecule has 21 heavy (non-hydrogen) atoms. The third-order valence-corrected chi connectivity index (χ3v) is 3.51. The van der Waals surface area contributed by atoms with Crippen molar-refractivity contribution < 1.29 is 4.42 Å². The molecule has 0 aliphatic rings. The van der Waals surface area contributed by atoms with E-state index in [0.29, 0.717) is 0 Å². The van der Waals surface area contributed by atoms with Gasteiger partial charge in [-0.05, 0) is 30.7 Å². The number of aryl methyl sites for hydroxylation is 1. The molecule has 102 valence electrons. The highest BCUT2D eigenvalue weighted by Crippen LogP contribution is 2.31. The Kier molecular flexibility index (Phi) is 2.60. The molecule has 0 unspecified atom stereocenters. The minimum absolute atomic E-state index is 0.799. The molecular formula is C17H13N3O. The van der Waals surface area contributed by atoms with Crippen molar-refractivity contribution in [3.63, 3.8) is 0 Å². The van der Waals surface area contributed by atoms with Crippen molar-refractivity contribution >= 4 is 11.0 Å². The quantitative estimate of drug-likeness (QED) is 0.555. The van der Waals surface area contributed by atoms with Gasteiger partial charge in [-0.3, -0.25) is 0 Å². The van der Waals surface area contributed by atoms with E-state index in [2.05, 4.69) is 29.1 Å². The summed E-state index contributed by atoms with van der Waals surface area (Å²) in [5, 5.41) is 5.48. The first-order chi connectivity index (χ1) is 10.3. The maximum absolute atomic E-state index is 5.65. The summed E-state index contributed by atoms with van der Waals surface area (Å²) in [5.41, 5.74) is 4.15. The van der Waals surface area contributed by atoms with E-state index in [0.717, 1.165) is 27.9 Å². The summed E-state index contributed by atoms with van der Waals surface area (Å²) < 4.78 is 7.41. The fourth-order valence-corrected chi connectivity index (χ4v) is 2.44. The summed E-state index contributed by atoms with van der Waals surface area (Å²) in [5.74, 6) is 0.799. The molecule has 0 aliphatic carbocycles. The highest BCUT2D eigenvalue weighted by Gasteiger charge is 2.10. The first-order valence-electron chi connectivity index (χ1n) is 6.75. The van der Waals surface area contributed by atoms with Crippen LogP contribution in [0.1, 0.15) is 5.56 Å². The second-order valence-electron chi connectivity index (χ2n) is 5.01. The lowest BCUT2D eigenvalue weighted by atomic mass is 10.1. The van der Waals surface area contributed by atoms with Gasteiger partial charge >= 0.3 is 0 Å². The van der Waals surface area contributed by atoms with Gasteiger partial charge in [0.25, 0.3) is 0 Å². The molecule has 0 N–H and O–H groups in total. The van der Waals surface area contributed by atoms with Gasteiger partial charge in [0.1, 0.15) is 5.58 Å². The van der Waals surface area contributed by atoms with Crippen molar-refractivity contribution in [3.8, 4) is 16.9 Å². The molecule has 4 rings (SSSR count). The topological polar surface area (TPSA) is 43.9 Å². The predicted octanol–water partition coefficient (Wildman–Crippen LogP) is 3.99. The molecule has 0 fully saturated rings. The number of fused-ring (bicyclic) bond motifs is 1. The lowest BCUT2D eigenvalue weighted by molar-refractivity contribution is 0.616. The summed E-state index contributed by atoms with van der Waals surface area (Å²) in [6.45, 7) is 2.06. The third-order valence-electron chi connectivity index (χ3n) is 3.51. The molecule has 4 heteroatoms. The van der Waals surface area contributed by atoms with E-state index in [1.165, 1.54) is 5.56 Å². The standard InChI is InChI=1S/C17H13N3O/c1-12-5-6-14-15(11-21-16(14)8-12)13-9-19-20(10-13)17-4-2-3-7-18-17/h2-11H,1H3. The van der Waals surface area contributed by atoms with E-state index >= 15 is 0 Å². The molecule has 0 radical (unpaired) electrons.